The average molecular weight is 473 g/mol. The zero-order valence-electron chi connectivity index (χ0n) is 21.0. The van der Waals surface area contributed by atoms with Gasteiger partial charge in [0.1, 0.15) is 5.75 Å². The third-order valence-electron chi connectivity index (χ3n) is 6.23. The van der Waals surface area contributed by atoms with Crippen LogP contribution in [0.15, 0.2) is 64.5 Å². The van der Waals surface area contributed by atoms with Crippen LogP contribution in [0.4, 0.5) is 0 Å². The molecule has 0 bridgehead atoms. The summed E-state index contributed by atoms with van der Waals surface area (Å²) in [6, 6.07) is 18.0. The summed E-state index contributed by atoms with van der Waals surface area (Å²) in [7, 11) is 1.63. The fraction of sp³-hybridized carbons (Fsp3) is 0.310. The lowest BCUT2D eigenvalue weighted by Crippen LogP contribution is -2.22. The minimum absolute atomic E-state index is 0.0893. The highest BCUT2D eigenvalue weighted by atomic mass is 32.2. The molecule has 3 aromatic carbocycles. The van der Waals surface area contributed by atoms with Gasteiger partial charge in [0.05, 0.1) is 23.7 Å². The van der Waals surface area contributed by atoms with Gasteiger partial charge in [-0.1, -0.05) is 62.9 Å². The van der Waals surface area contributed by atoms with E-state index >= 15 is 0 Å². The second kappa shape index (κ2) is 9.30. The summed E-state index contributed by atoms with van der Waals surface area (Å²) in [5.41, 5.74) is 7.62. The third kappa shape index (κ3) is 4.62. The molecule has 0 unspecified atom stereocenters. The van der Waals surface area contributed by atoms with Crippen molar-refractivity contribution >= 4 is 22.7 Å². The number of ether oxygens (including phenoxy) is 1. The molecule has 1 aromatic heterocycles. The molecule has 1 heterocycles. The zero-order valence-corrected chi connectivity index (χ0v) is 21.8. The summed E-state index contributed by atoms with van der Waals surface area (Å²) in [4.78, 5) is 18.6. The zero-order chi connectivity index (χ0) is 24.6. The van der Waals surface area contributed by atoms with E-state index in [-0.39, 0.29) is 11.0 Å². The Morgan fingerprint density at radius 1 is 0.971 bits per heavy atom. The molecular weight excluding hydrogens is 440 g/mol. The van der Waals surface area contributed by atoms with Crippen LogP contribution in [0.2, 0.25) is 0 Å². The van der Waals surface area contributed by atoms with Gasteiger partial charge in [-0.25, -0.2) is 4.98 Å². The third-order valence-corrected chi connectivity index (χ3v) is 7.19. The fourth-order valence-corrected chi connectivity index (χ4v) is 5.39. The van der Waals surface area contributed by atoms with Gasteiger partial charge in [-0.2, -0.15) is 0 Å². The van der Waals surface area contributed by atoms with Crippen molar-refractivity contribution in [3.8, 4) is 11.4 Å². The fourth-order valence-electron chi connectivity index (χ4n) is 4.19. The van der Waals surface area contributed by atoms with Gasteiger partial charge in [0.2, 0.25) is 0 Å². The molecule has 0 atom stereocenters. The molecule has 0 radical (unpaired) electrons. The lowest BCUT2D eigenvalue weighted by Gasteiger charge is -2.22. The summed E-state index contributed by atoms with van der Waals surface area (Å²) in [6.07, 6.45) is 0. The number of fused-ring (bicyclic) bond motifs is 1. The average Bonchev–Trinajstić information content (AvgIpc) is 2.78. The molecule has 0 amide bonds. The monoisotopic (exact) mass is 472 g/mol. The summed E-state index contributed by atoms with van der Waals surface area (Å²) in [5.74, 6) is 1.37. The number of hydrogen-bond acceptors (Lipinski definition) is 4. The van der Waals surface area contributed by atoms with Crippen molar-refractivity contribution in [1.29, 1.82) is 0 Å². The highest BCUT2D eigenvalue weighted by Crippen LogP contribution is 2.33. The Morgan fingerprint density at radius 3 is 2.29 bits per heavy atom. The maximum absolute atomic E-state index is 13.7. The van der Waals surface area contributed by atoms with E-state index in [0.717, 1.165) is 11.3 Å². The number of aryl methyl sites for hydroxylation is 3. The van der Waals surface area contributed by atoms with Gasteiger partial charge >= 0.3 is 0 Å². The van der Waals surface area contributed by atoms with Gasteiger partial charge < -0.3 is 4.74 Å². The second-order valence-electron chi connectivity index (χ2n) is 9.85. The standard InChI is InChI=1S/C29H32N2O2S/c1-18-12-13-26(33-7)25(14-18)31-27(32)22-10-8-9-11-24(22)30-28(31)34-17-23-19(2)15-21(16-20(23)3)29(4,5)6/h8-16H,17H2,1-7H3. The van der Waals surface area contributed by atoms with Gasteiger partial charge in [0.25, 0.3) is 5.56 Å². The quantitative estimate of drug-likeness (QED) is 0.234. The van der Waals surface area contributed by atoms with Crippen molar-refractivity contribution in [2.45, 2.75) is 57.9 Å². The number of hydrogen-bond donors (Lipinski definition) is 0. The molecule has 0 fully saturated rings. The van der Waals surface area contributed by atoms with E-state index in [0.29, 0.717) is 27.5 Å². The molecule has 176 valence electrons. The topological polar surface area (TPSA) is 44.1 Å². The smallest absolute Gasteiger partial charge is 0.266 e. The minimum Gasteiger partial charge on any atom is -0.495 e. The molecule has 0 aliphatic carbocycles. The Hall–Kier alpha value is -3.05. The van der Waals surface area contributed by atoms with Crippen molar-refractivity contribution in [1.82, 2.24) is 9.55 Å². The highest BCUT2D eigenvalue weighted by Gasteiger charge is 2.19. The van der Waals surface area contributed by atoms with E-state index in [1.165, 1.54) is 22.3 Å². The van der Waals surface area contributed by atoms with Crippen LogP contribution in [0.5, 0.6) is 5.75 Å². The predicted octanol–water partition coefficient (Wildman–Crippen LogP) is 6.91. The van der Waals surface area contributed by atoms with E-state index in [1.54, 1.807) is 23.4 Å². The normalized spacial score (nSPS) is 11.7. The van der Waals surface area contributed by atoms with E-state index in [2.05, 4.69) is 46.8 Å². The molecule has 0 aliphatic heterocycles. The maximum atomic E-state index is 13.7. The van der Waals surface area contributed by atoms with Crippen molar-refractivity contribution in [2.75, 3.05) is 7.11 Å². The van der Waals surface area contributed by atoms with Crippen molar-refractivity contribution in [3.63, 3.8) is 0 Å². The van der Waals surface area contributed by atoms with E-state index in [1.807, 2.05) is 49.4 Å². The number of methoxy groups -OCH3 is 1. The van der Waals surface area contributed by atoms with E-state index in [9.17, 15) is 4.79 Å². The first-order valence-corrected chi connectivity index (χ1v) is 12.5. The molecule has 4 aromatic rings. The SMILES string of the molecule is COc1ccc(C)cc1-n1c(SCc2c(C)cc(C(C)(C)C)cc2C)nc2ccccc2c1=O. The van der Waals surface area contributed by atoms with Crippen LogP contribution < -0.4 is 10.3 Å². The van der Waals surface area contributed by atoms with Gasteiger partial charge in [-0.15, -0.1) is 0 Å². The molecular formula is C29H32N2O2S. The first-order valence-electron chi connectivity index (χ1n) is 11.5. The van der Waals surface area contributed by atoms with Gasteiger partial charge in [-0.05, 0) is 78.3 Å². The Labute approximate surface area is 206 Å². The van der Waals surface area contributed by atoms with Crippen molar-refractivity contribution in [2.24, 2.45) is 0 Å². The summed E-state index contributed by atoms with van der Waals surface area (Å²) in [5, 5.41) is 1.25. The molecule has 0 saturated heterocycles. The number of thioether (sulfide) groups is 1. The molecule has 4 nitrogen and oxygen atoms in total. The summed E-state index contributed by atoms with van der Waals surface area (Å²) >= 11 is 1.59. The van der Waals surface area contributed by atoms with Gasteiger partial charge in [0.15, 0.2) is 5.16 Å². The molecule has 34 heavy (non-hydrogen) atoms. The first-order chi connectivity index (χ1) is 16.1. The van der Waals surface area contributed by atoms with Crippen LogP contribution in [0.3, 0.4) is 0 Å². The second-order valence-corrected chi connectivity index (χ2v) is 10.8. The van der Waals surface area contributed by atoms with Crippen LogP contribution in [0.25, 0.3) is 16.6 Å². The number of aromatic nitrogens is 2. The van der Waals surface area contributed by atoms with Crippen LogP contribution >= 0.6 is 11.8 Å². The largest absolute Gasteiger partial charge is 0.495 e. The van der Waals surface area contributed by atoms with E-state index in [4.69, 9.17) is 9.72 Å². The lowest BCUT2D eigenvalue weighted by molar-refractivity contribution is 0.411. The van der Waals surface area contributed by atoms with E-state index < -0.39 is 0 Å². The van der Waals surface area contributed by atoms with Crippen LogP contribution in [0, 0.1) is 20.8 Å². The number of para-hydroxylation sites is 1. The first kappa shape index (κ1) is 24.1. The Morgan fingerprint density at radius 2 is 1.65 bits per heavy atom. The minimum atomic E-state index is -0.0893. The predicted molar refractivity (Wildman–Crippen MR) is 143 cm³/mol. The van der Waals surface area contributed by atoms with Crippen molar-refractivity contribution in [3.05, 3.63) is 92.8 Å². The highest BCUT2D eigenvalue weighted by molar-refractivity contribution is 7.98. The molecule has 0 spiro atoms. The molecule has 0 N–H and O–H groups in total. The molecule has 0 aliphatic rings. The molecule has 5 heteroatoms. The van der Waals surface area contributed by atoms with Crippen LogP contribution in [-0.4, -0.2) is 16.7 Å². The lowest BCUT2D eigenvalue weighted by atomic mass is 9.84. The molecule has 4 rings (SSSR count). The number of nitrogens with zero attached hydrogens (tertiary/aromatic N) is 2. The number of benzene rings is 3. The maximum Gasteiger partial charge on any atom is 0.266 e. The van der Waals surface area contributed by atoms with Gasteiger partial charge in [-0.3, -0.25) is 9.36 Å². The summed E-state index contributed by atoms with van der Waals surface area (Å²) in [6.45, 7) is 13.1. The Kier molecular flexibility index (Phi) is 6.59. The van der Waals surface area contributed by atoms with Gasteiger partial charge in [0, 0.05) is 5.75 Å². The molecule has 0 saturated carbocycles. The van der Waals surface area contributed by atoms with Crippen LogP contribution in [0.1, 0.15) is 48.6 Å². The van der Waals surface area contributed by atoms with Crippen molar-refractivity contribution < 1.29 is 4.74 Å². The van der Waals surface area contributed by atoms with Crippen LogP contribution in [-0.2, 0) is 11.2 Å². The Bertz CT molecular complexity index is 1410. The number of rotatable bonds is 5. The summed E-state index contributed by atoms with van der Waals surface area (Å²) < 4.78 is 7.33. The Balaban J connectivity index is 1.85.